The van der Waals surface area contributed by atoms with Crippen molar-refractivity contribution in [3.8, 4) is 23.0 Å². The second-order valence-corrected chi connectivity index (χ2v) is 6.27. The van der Waals surface area contributed by atoms with Gasteiger partial charge in [0.05, 0.1) is 19.3 Å². The van der Waals surface area contributed by atoms with E-state index in [2.05, 4.69) is 5.32 Å². The van der Waals surface area contributed by atoms with Crippen molar-refractivity contribution in [2.24, 2.45) is 0 Å². The molecular formula is C22H20ClNO4. The number of carbonyl (C=O) groups is 1. The quantitative estimate of drug-likeness (QED) is 0.548. The van der Waals surface area contributed by atoms with Gasteiger partial charge in [0.25, 0.3) is 5.91 Å². The molecule has 3 aromatic carbocycles. The summed E-state index contributed by atoms with van der Waals surface area (Å²) < 4.78 is 16.4. The second-order valence-electron chi connectivity index (χ2n) is 5.83. The molecular weight excluding hydrogens is 378 g/mol. The third kappa shape index (κ3) is 4.96. The third-order valence-corrected chi connectivity index (χ3v) is 4.12. The molecule has 0 aromatic heterocycles. The van der Waals surface area contributed by atoms with Gasteiger partial charge in [0.2, 0.25) is 0 Å². The Labute approximate surface area is 168 Å². The highest BCUT2D eigenvalue weighted by molar-refractivity contribution is 6.31. The number of benzene rings is 3. The molecule has 6 heteroatoms. The van der Waals surface area contributed by atoms with Gasteiger partial charge in [-0.15, -0.1) is 0 Å². The maximum absolute atomic E-state index is 12.5. The number of carbonyl (C=O) groups excluding carboxylic acids is 1. The zero-order valence-electron chi connectivity index (χ0n) is 15.6. The molecule has 0 aliphatic rings. The molecule has 0 fully saturated rings. The summed E-state index contributed by atoms with van der Waals surface area (Å²) in [5, 5.41) is 3.29. The minimum Gasteiger partial charge on any atom is -0.496 e. The number of methoxy groups -OCH3 is 1. The number of anilines is 1. The summed E-state index contributed by atoms with van der Waals surface area (Å²) in [6, 6.07) is 19.4. The van der Waals surface area contributed by atoms with Crippen LogP contribution in [0.1, 0.15) is 17.3 Å². The van der Waals surface area contributed by atoms with Gasteiger partial charge in [0, 0.05) is 10.7 Å². The minimum absolute atomic E-state index is 0.306. The molecule has 0 saturated carbocycles. The molecule has 0 unspecified atom stereocenters. The van der Waals surface area contributed by atoms with E-state index in [1.54, 1.807) is 42.5 Å². The summed E-state index contributed by atoms with van der Waals surface area (Å²) >= 11 is 5.99. The van der Waals surface area contributed by atoms with Crippen LogP contribution in [-0.4, -0.2) is 19.6 Å². The molecule has 5 nitrogen and oxygen atoms in total. The van der Waals surface area contributed by atoms with Crippen LogP contribution in [0.5, 0.6) is 23.0 Å². The SMILES string of the molecule is CCOc1ccc(Oc2ccc(NC(=O)c3cc(Cl)ccc3OC)cc2)cc1. The molecule has 0 spiro atoms. The number of hydrogen-bond donors (Lipinski definition) is 1. The highest BCUT2D eigenvalue weighted by Crippen LogP contribution is 2.27. The van der Waals surface area contributed by atoms with Crippen molar-refractivity contribution in [3.05, 3.63) is 77.3 Å². The lowest BCUT2D eigenvalue weighted by Gasteiger charge is -2.11. The van der Waals surface area contributed by atoms with Gasteiger partial charge in [0.15, 0.2) is 0 Å². The summed E-state index contributed by atoms with van der Waals surface area (Å²) in [5.41, 5.74) is 0.996. The number of nitrogens with one attached hydrogen (secondary N) is 1. The molecule has 0 radical (unpaired) electrons. The molecule has 28 heavy (non-hydrogen) atoms. The normalized spacial score (nSPS) is 10.2. The van der Waals surface area contributed by atoms with E-state index >= 15 is 0 Å². The summed E-state index contributed by atoms with van der Waals surface area (Å²) in [5.74, 6) is 2.30. The number of amides is 1. The Balaban J connectivity index is 1.66. The van der Waals surface area contributed by atoms with Crippen LogP contribution in [0.4, 0.5) is 5.69 Å². The van der Waals surface area contributed by atoms with Gasteiger partial charge in [-0.3, -0.25) is 4.79 Å². The van der Waals surface area contributed by atoms with Crippen molar-refractivity contribution >= 4 is 23.2 Å². The predicted octanol–water partition coefficient (Wildman–Crippen LogP) is 5.79. The van der Waals surface area contributed by atoms with Gasteiger partial charge in [-0.05, 0) is 73.7 Å². The van der Waals surface area contributed by atoms with Crippen molar-refractivity contribution in [2.75, 3.05) is 19.0 Å². The molecule has 3 aromatic rings. The van der Waals surface area contributed by atoms with E-state index in [1.165, 1.54) is 7.11 Å². The summed E-state index contributed by atoms with van der Waals surface area (Å²) in [6.07, 6.45) is 0. The lowest BCUT2D eigenvalue weighted by atomic mass is 10.2. The third-order valence-electron chi connectivity index (χ3n) is 3.89. The highest BCUT2D eigenvalue weighted by atomic mass is 35.5. The Bertz CT molecular complexity index is 940. The van der Waals surface area contributed by atoms with Gasteiger partial charge in [-0.25, -0.2) is 0 Å². The van der Waals surface area contributed by atoms with E-state index in [-0.39, 0.29) is 5.91 Å². The molecule has 0 aliphatic heterocycles. The molecule has 3 rings (SSSR count). The van der Waals surface area contributed by atoms with Gasteiger partial charge in [0.1, 0.15) is 23.0 Å². The first-order valence-electron chi connectivity index (χ1n) is 8.74. The molecule has 0 bridgehead atoms. The maximum Gasteiger partial charge on any atom is 0.259 e. The summed E-state index contributed by atoms with van der Waals surface area (Å²) in [4.78, 5) is 12.5. The lowest BCUT2D eigenvalue weighted by molar-refractivity contribution is 0.102. The monoisotopic (exact) mass is 397 g/mol. The molecule has 1 amide bonds. The highest BCUT2D eigenvalue weighted by Gasteiger charge is 2.13. The Morgan fingerprint density at radius 2 is 1.54 bits per heavy atom. The van der Waals surface area contributed by atoms with E-state index in [4.69, 9.17) is 25.8 Å². The first kappa shape index (κ1) is 19.6. The van der Waals surface area contributed by atoms with E-state index in [1.807, 2.05) is 31.2 Å². The van der Waals surface area contributed by atoms with Gasteiger partial charge in [-0.1, -0.05) is 11.6 Å². The summed E-state index contributed by atoms with van der Waals surface area (Å²) in [7, 11) is 1.51. The van der Waals surface area contributed by atoms with Crippen LogP contribution in [0.2, 0.25) is 5.02 Å². The Hall–Kier alpha value is -3.18. The number of ether oxygens (including phenoxy) is 3. The fourth-order valence-electron chi connectivity index (χ4n) is 2.57. The van der Waals surface area contributed by atoms with E-state index in [0.29, 0.717) is 40.1 Å². The van der Waals surface area contributed by atoms with Crippen molar-refractivity contribution in [1.29, 1.82) is 0 Å². The van der Waals surface area contributed by atoms with Gasteiger partial charge < -0.3 is 19.5 Å². The number of halogens is 1. The average Bonchev–Trinajstić information content (AvgIpc) is 2.71. The van der Waals surface area contributed by atoms with Gasteiger partial charge in [-0.2, -0.15) is 0 Å². The van der Waals surface area contributed by atoms with Crippen molar-refractivity contribution in [2.45, 2.75) is 6.92 Å². The fourth-order valence-corrected chi connectivity index (χ4v) is 2.74. The number of rotatable bonds is 7. The van der Waals surface area contributed by atoms with Crippen LogP contribution in [-0.2, 0) is 0 Å². The standard InChI is InChI=1S/C22H20ClNO4/c1-3-27-17-9-11-19(12-10-17)28-18-7-5-16(6-8-18)24-22(25)20-14-15(23)4-13-21(20)26-2/h4-14H,3H2,1-2H3,(H,24,25). The van der Waals surface area contributed by atoms with Crippen molar-refractivity contribution in [3.63, 3.8) is 0 Å². The molecule has 0 atom stereocenters. The largest absolute Gasteiger partial charge is 0.496 e. The first-order chi connectivity index (χ1) is 13.6. The van der Waals surface area contributed by atoms with Crippen LogP contribution in [0.3, 0.4) is 0 Å². The molecule has 144 valence electrons. The van der Waals surface area contributed by atoms with E-state index < -0.39 is 0 Å². The maximum atomic E-state index is 12.5. The zero-order valence-corrected chi connectivity index (χ0v) is 16.3. The zero-order chi connectivity index (χ0) is 19.9. The lowest BCUT2D eigenvalue weighted by Crippen LogP contribution is -2.13. The predicted molar refractivity (Wildman–Crippen MR) is 110 cm³/mol. The molecule has 0 saturated heterocycles. The second kappa shape index (κ2) is 9.15. The average molecular weight is 398 g/mol. The van der Waals surface area contributed by atoms with E-state index in [0.717, 1.165) is 5.75 Å². The molecule has 0 aliphatic carbocycles. The van der Waals surface area contributed by atoms with Crippen LogP contribution in [0.15, 0.2) is 66.7 Å². The van der Waals surface area contributed by atoms with Gasteiger partial charge >= 0.3 is 0 Å². The van der Waals surface area contributed by atoms with Crippen LogP contribution in [0, 0.1) is 0 Å². The first-order valence-corrected chi connectivity index (χ1v) is 9.12. The Kier molecular flexibility index (Phi) is 6.40. The number of hydrogen-bond acceptors (Lipinski definition) is 4. The summed E-state index contributed by atoms with van der Waals surface area (Å²) in [6.45, 7) is 2.56. The van der Waals surface area contributed by atoms with Crippen LogP contribution >= 0.6 is 11.6 Å². The fraction of sp³-hybridized carbons (Fsp3) is 0.136. The Morgan fingerprint density at radius 3 is 2.14 bits per heavy atom. The minimum atomic E-state index is -0.306. The van der Waals surface area contributed by atoms with Crippen LogP contribution in [0.25, 0.3) is 0 Å². The van der Waals surface area contributed by atoms with Crippen LogP contribution < -0.4 is 19.5 Å². The smallest absolute Gasteiger partial charge is 0.259 e. The topological polar surface area (TPSA) is 56.8 Å². The molecule has 1 N–H and O–H groups in total. The Morgan fingerprint density at radius 1 is 0.929 bits per heavy atom. The van der Waals surface area contributed by atoms with E-state index in [9.17, 15) is 4.79 Å². The van der Waals surface area contributed by atoms with Crippen molar-refractivity contribution < 1.29 is 19.0 Å². The van der Waals surface area contributed by atoms with Crippen molar-refractivity contribution in [1.82, 2.24) is 0 Å². The molecule has 0 heterocycles.